The van der Waals surface area contributed by atoms with Crippen LogP contribution in [0.25, 0.3) is 10.1 Å². The van der Waals surface area contributed by atoms with E-state index in [2.05, 4.69) is 11.9 Å². The first-order chi connectivity index (χ1) is 15.6. The normalized spacial score (nSPS) is 14.9. The zero-order chi connectivity index (χ0) is 22.5. The van der Waals surface area contributed by atoms with E-state index in [1.807, 2.05) is 60.0 Å². The van der Waals surface area contributed by atoms with Crippen LogP contribution in [0.4, 0.5) is 0 Å². The predicted molar refractivity (Wildman–Crippen MR) is 126 cm³/mol. The first-order valence-corrected chi connectivity index (χ1v) is 11.4. The molecule has 0 saturated carbocycles. The lowest BCUT2D eigenvalue weighted by atomic mass is 10.0. The Labute approximate surface area is 191 Å². The first-order valence-electron chi connectivity index (χ1n) is 10.6. The summed E-state index contributed by atoms with van der Waals surface area (Å²) in [7, 11) is 0. The number of rotatable bonds is 7. The van der Waals surface area contributed by atoms with Crippen LogP contribution in [0.5, 0.6) is 0 Å². The number of amides is 3. The van der Waals surface area contributed by atoms with Crippen LogP contribution in [0.1, 0.15) is 17.2 Å². The van der Waals surface area contributed by atoms with Crippen molar-refractivity contribution in [1.29, 1.82) is 0 Å². The third kappa shape index (κ3) is 4.57. The molecule has 1 unspecified atom stereocenters. The Morgan fingerprint density at radius 1 is 1.09 bits per heavy atom. The van der Waals surface area contributed by atoms with Crippen LogP contribution >= 0.6 is 11.3 Å². The number of piperazine rings is 1. The number of fused-ring (bicyclic) bond motifs is 1. The number of hydrogen-bond donors (Lipinski definition) is 1. The average Bonchev–Trinajstić information content (AvgIpc) is 3.24. The van der Waals surface area contributed by atoms with Gasteiger partial charge in [0.25, 0.3) is 0 Å². The number of carbonyl (C=O) groups excluding carboxylic acids is 3. The largest absolute Gasteiger partial charge is 0.354 e. The highest BCUT2D eigenvalue weighted by Gasteiger charge is 2.36. The number of benzene rings is 2. The van der Waals surface area contributed by atoms with Crippen LogP contribution in [0.15, 0.2) is 72.6 Å². The standard InChI is InChI=1S/C25H25N3O3S/c1-2-22(29)27-14-15-28(23(30)16-27)24(20-17-32-21-11-7-6-10-19(20)21)25(31)26-13-12-18-8-4-3-5-9-18/h2-11,17,24H,1,12-16H2,(H,26,31). The topological polar surface area (TPSA) is 69.7 Å². The Kier molecular flexibility index (Phi) is 6.66. The summed E-state index contributed by atoms with van der Waals surface area (Å²) in [6.45, 7) is 4.58. The fourth-order valence-electron chi connectivity index (χ4n) is 4.01. The van der Waals surface area contributed by atoms with Gasteiger partial charge in [-0.3, -0.25) is 14.4 Å². The minimum Gasteiger partial charge on any atom is -0.354 e. The maximum Gasteiger partial charge on any atom is 0.247 e. The molecule has 1 aromatic heterocycles. The van der Waals surface area contributed by atoms with Gasteiger partial charge in [-0.05, 0) is 34.9 Å². The molecule has 1 saturated heterocycles. The maximum absolute atomic E-state index is 13.4. The van der Waals surface area contributed by atoms with Crippen LogP contribution in [0, 0.1) is 0 Å². The van der Waals surface area contributed by atoms with Crippen molar-refractivity contribution < 1.29 is 14.4 Å². The predicted octanol–water partition coefficient (Wildman–Crippen LogP) is 3.16. The maximum atomic E-state index is 13.4. The quantitative estimate of drug-likeness (QED) is 0.566. The molecule has 0 aliphatic carbocycles. The monoisotopic (exact) mass is 447 g/mol. The summed E-state index contributed by atoms with van der Waals surface area (Å²) in [6.07, 6.45) is 1.92. The van der Waals surface area contributed by atoms with E-state index < -0.39 is 6.04 Å². The van der Waals surface area contributed by atoms with Gasteiger partial charge in [-0.25, -0.2) is 0 Å². The van der Waals surface area contributed by atoms with Gasteiger partial charge in [-0.1, -0.05) is 55.1 Å². The van der Waals surface area contributed by atoms with Crippen molar-refractivity contribution in [2.75, 3.05) is 26.2 Å². The van der Waals surface area contributed by atoms with Crippen molar-refractivity contribution >= 4 is 39.1 Å². The van der Waals surface area contributed by atoms with E-state index in [0.29, 0.717) is 26.1 Å². The lowest BCUT2D eigenvalue weighted by Crippen LogP contribution is -2.55. The molecule has 4 rings (SSSR count). The van der Waals surface area contributed by atoms with Crippen molar-refractivity contribution in [2.24, 2.45) is 0 Å². The molecule has 32 heavy (non-hydrogen) atoms. The molecular weight excluding hydrogens is 422 g/mol. The lowest BCUT2D eigenvalue weighted by Gasteiger charge is -2.38. The third-order valence-corrected chi connectivity index (χ3v) is 6.65. The Bertz CT molecular complexity index is 1140. The fraction of sp³-hybridized carbons (Fsp3) is 0.240. The second-order valence-electron chi connectivity index (χ2n) is 7.67. The zero-order valence-corrected chi connectivity index (χ0v) is 18.5. The van der Waals surface area contributed by atoms with E-state index in [4.69, 9.17) is 0 Å². The highest BCUT2D eigenvalue weighted by molar-refractivity contribution is 7.17. The van der Waals surface area contributed by atoms with E-state index in [1.165, 1.54) is 11.0 Å². The molecule has 1 aliphatic heterocycles. The molecule has 1 atom stereocenters. The summed E-state index contributed by atoms with van der Waals surface area (Å²) >= 11 is 1.56. The van der Waals surface area contributed by atoms with Gasteiger partial charge in [0.15, 0.2) is 0 Å². The van der Waals surface area contributed by atoms with E-state index in [9.17, 15) is 14.4 Å². The molecular formula is C25H25N3O3S. The number of nitrogens with zero attached hydrogens (tertiary/aromatic N) is 2. The molecule has 2 heterocycles. The molecule has 0 radical (unpaired) electrons. The summed E-state index contributed by atoms with van der Waals surface area (Å²) in [5, 5.41) is 5.95. The van der Waals surface area contributed by atoms with E-state index in [-0.39, 0.29) is 24.3 Å². The van der Waals surface area contributed by atoms with Crippen molar-refractivity contribution in [2.45, 2.75) is 12.5 Å². The molecule has 3 aromatic rings. The number of hydrogen-bond acceptors (Lipinski definition) is 4. The summed E-state index contributed by atoms with van der Waals surface area (Å²) in [5.74, 6) is -0.728. The van der Waals surface area contributed by atoms with Gasteiger partial charge in [-0.2, -0.15) is 0 Å². The van der Waals surface area contributed by atoms with Crippen LogP contribution in [0.2, 0.25) is 0 Å². The third-order valence-electron chi connectivity index (χ3n) is 5.66. The minimum atomic E-state index is -0.740. The highest BCUT2D eigenvalue weighted by Crippen LogP contribution is 2.34. The average molecular weight is 448 g/mol. The summed E-state index contributed by atoms with van der Waals surface area (Å²) < 4.78 is 1.07. The summed E-state index contributed by atoms with van der Waals surface area (Å²) in [6, 6.07) is 17.1. The molecule has 1 N–H and O–H groups in total. The second kappa shape index (κ2) is 9.78. The van der Waals surface area contributed by atoms with Gasteiger partial charge in [-0.15, -0.1) is 11.3 Å². The first kappa shape index (κ1) is 21.8. The summed E-state index contributed by atoms with van der Waals surface area (Å²) in [4.78, 5) is 41.4. The van der Waals surface area contributed by atoms with Gasteiger partial charge >= 0.3 is 0 Å². The van der Waals surface area contributed by atoms with Gasteiger partial charge in [0.05, 0.1) is 0 Å². The Hall–Kier alpha value is -3.45. The Balaban J connectivity index is 1.57. The van der Waals surface area contributed by atoms with Crippen molar-refractivity contribution in [3.63, 3.8) is 0 Å². The number of thiophene rings is 1. The molecule has 0 spiro atoms. The molecule has 2 aromatic carbocycles. The lowest BCUT2D eigenvalue weighted by molar-refractivity contribution is -0.148. The van der Waals surface area contributed by atoms with E-state index >= 15 is 0 Å². The second-order valence-corrected chi connectivity index (χ2v) is 8.58. The van der Waals surface area contributed by atoms with Crippen molar-refractivity contribution in [3.8, 4) is 0 Å². The van der Waals surface area contributed by atoms with E-state index in [0.717, 1.165) is 21.2 Å². The molecule has 164 valence electrons. The minimum absolute atomic E-state index is 0.0548. The van der Waals surface area contributed by atoms with Crippen LogP contribution in [0.3, 0.4) is 0 Å². The van der Waals surface area contributed by atoms with Crippen molar-refractivity contribution in [3.05, 3.63) is 83.8 Å². The molecule has 1 fully saturated rings. The van der Waals surface area contributed by atoms with Crippen LogP contribution in [-0.4, -0.2) is 53.7 Å². The Morgan fingerprint density at radius 2 is 1.84 bits per heavy atom. The van der Waals surface area contributed by atoms with Gasteiger partial charge in [0.1, 0.15) is 12.6 Å². The van der Waals surface area contributed by atoms with Gasteiger partial charge in [0.2, 0.25) is 17.7 Å². The number of carbonyl (C=O) groups is 3. The van der Waals surface area contributed by atoms with E-state index in [1.54, 1.807) is 16.2 Å². The molecule has 6 nitrogen and oxygen atoms in total. The fourth-order valence-corrected chi connectivity index (χ4v) is 4.99. The Morgan fingerprint density at radius 3 is 2.59 bits per heavy atom. The summed E-state index contributed by atoms with van der Waals surface area (Å²) in [5.41, 5.74) is 1.96. The number of nitrogens with one attached hydrogen (secondary N) is 1. The van der Waals surface area contributed by atoms with Crippen LogP contribution in [-0.2, 0) is 20.8 Å². The van der Waals surface area contributed by atoms with Crippen LogP contribution < -0.4 is 5.32 Å². The van der Waals surface area contributed by atoms with Gasteiger partial charge < -0.3 is 15.1 Å². The zero-order valence-electron chi connectivity index (χ0n) is 17.7. The molecule has 7 heteroatoms. The molecule has 0 bridgehead atoms. The smallest absolute Gasteiger partial charge is 0.247 e. The highest BCUT2D eigenvalue weighted by atomic mass is 32.1. The van der Waals surface area contributed by atoms with Crippen molar-refractivity contribution in [1.82, 2.24) is 15.1 Å². The molecule has 1 aliphatic rings. The molecule has 3 amide bonds. The van der Waals surface area contributed by atoms with Gasteiger partial charge in [0, 0.05) is 29.9 Å². The SMILES string of the molecule is C=CC(=O)N1CCN(C(C(=O)NCCc2ccccc2)c2csc3ccccc23)C(=O)C1.